The molecule has 44 heavy (non-hydrogen) atoms. The van der Waals surface area contributed by atoms with Crippen LogP contribution in [0.2, 0.25) is 0 Å². The van der Waals surface area contributed by atoms with Crippen molar-refractivity contribution in [2.45, 2.75) is 24.2 Å². The van der Waals surface area contributed by atoms with Gasteiger partial charge < -0.3 is 5.32 Å². The Morgan fingerprint density at radius 1 is 0.750 bits per heavy atom. The molecule has 5 aromatic carbocycles. The van der Waals surface area contributed by atoms with E-state index in [1.165, 1.54) is 32.3 Å². The van der Waals surface area contributed by atoms with Crippen LogP contribution in [-0.2, 0) is 5.54 Å². The van der Waals surface area contributed by atoms with E-state index in [1.54, 1.807) is 11.3 Å². The Morgan fingerprint density at radius 3 is 2.27 bits per heavy atom. The molecule has 0 radical (unpaired) electrons. The average molecular weight is 587 g/mol. The summed E-state index contributed by atoms with van der Waals surface area (Å²) in [6, 6.07) is 43.2. The summed E-state index contributed by atoms with van der Waals surface area (Å²) in [6.07, 6.45) is 7.53. The average Bonchev–Trinajstić information content (AvgIpc) is 3.70. The van der Waals surface area contributed by atoms with Gasteiger partial charge in [-0.15, -0.1) is 11.3 Å². The number of fused-ring (bicyclic) bond motifs is 4. The van der Waals surface area contributed by atoms with Crippen LogP contribution in [0.5, 0.6) is 0 Å². The van der Waals surface area contributed by atoms with Gasteiger partial charge in [-0.2, -0.15) is 0 Å². The number of nitrogens with zero attached hydrogens (tertiary/aromatic N) is 2. The lowest BCUT2D eigenvalue weighted by molar-refractivity contribution is 0.364. The summed E-state index contributed by atoms with van der Waals surface area (Å²) in [6.45, 7) is 0. The number of aromatic nitrogens is 1. The maximum Gasteiger partial charge on any atom is 0.124 e. The zero-order chi connectivity index (χ0) is 29.1. The zero-order valence-electron chi connectivity index (χ0n) is 24.0. The molecular weight excluding hydrogens is 557 g/mol. The monoisotopic (exact) mass is 586 g/mol. The van der Waals surface area contributed by atoms with E-state index in [0.29, 0.717) is 5.92 Å². The SMILES string of the molecule is C1=CC(C2N=C(c3ccccc3)[C@H]3CC3(c3ccccc3)N2)NC(c2ccc3ccc4sc(-c5ccccc5)nc4c3c2)=C1. The number of allylic oxidation sites excluding steroid dienone is 2. The second kappa shape index (κ2) is 10.1. The lowest BCUT2D eigenvalue weighted by atomic mass is 9.93. The van der Waals surface area contributed by atoms with Crippen LogP contribution in [0.15, 0.2) is 145 Å². The molecule has 3 aliphatic rings. The molecule has 0 amide bonds. The van der Waals surface area contributed by atoms with E-state index in [2.05, 4.69) is 144 Å². The van der Waals surface area contributed by atoms with Gasteiger partial charge in [0.2, 0.25) is 0 Å². The van der Waals surface area contributed by atoms with Crippen LogP contribution in [0.25, 0.3) is 37.3 Å². The summed E-state index contributed by atoms with van der Waals surface area (Å²) in [7, 11) is 0. The highest BCUT2D eigenvalue weighted by Crippen LogP contribution is 2.56. The maximum atomic E-state index is 5.38. The van der Waals surface area contributed by atoms with E-state index in [0.717, 1.165) is 33.8 Å². The van der Waals surface area contributed by atoms with Crippen molar-refractivity contribution in [1.82, 2.24) is 15.6 Å². The first kappa shape index (κ1) is 25.6. The molecule has 0 bridgehead atoms. The topological polar surface area (TPSA) is 49.3 Å². The summed E-state index contributed by atoms with van der Waals surface area (Å²) in [4.78, 5) is 10.5. The molecule has 4 nitrogen and oxygen atoms in total. The maximum absolute atomic E-state index is 5.38. The summed E-state index contributed by atoms with van der Waals surface area (Å²) in [5.41, 5.74) is 8.14. The summed E-state index contributed by atoms with van der Waals surface area (Å²) >= 11 is 1.75. The second-order valence-electron chi connectivity index (χ2n) is 11.9. The number of rotatable bonds is 5. The Kier molecular flexibility index (Phi) is 5.90. The van der Waals surface area contributed by atoms with Gasteiger partial charge in [0.1, 0.15) is 11.2 Å². The van der Waals surface area contributed by atoms with Crippen molar-refractivity contribution in [3.05, 3.63) is 156 Å². The van der Waals surface area contributed by atoms with E-state index in [-0.39, 0.29) is 17.7 Å². The number of dihydropyridines is 1. The fourth-order valence-electron chi connectivity index (χ4n) is 6.97. The van der Waals surface area contributed by atoms with E-state index < -0.39 is 0 Å². The van der Waals surface area contributed by atoms with Gasteiger partial charge in [-0.05, 0) is 46.7 Å². The van der Waals surface area contributed by atoms with Gasteiger partial charge in [0.15, 0.2) is 0 Å². The van der Waals surface area contributed by atoms with Crippen molar-refractivity contribution in [3.63, 3.8) is 0 Å². The smallest absolute Gasteiger partial charge is 0.124 e. The van der Waals surface area contributed by atoms with Gasteiger partial charge in [0, 0.05) is 28.3 Å². The minimum absolute atomic E-state index is 0.00583. The van der Waals surface area contributed by atoms with Crippen LogP contribution in [0.3, 0.4) is 0 Å². The highest BCUT2D eigenvalue weighted by atomic mass is 32.1. The number of aliphatic imine (C=N–C) groups is 1. The fraction of sp³-hybridized carbons (Fsp3) is 0.128. The molecule has 212 valence electrons. The molecule has 0 saturated heterocycles. The van der Waals surface area contributed by atoms with Gasteiger partial charge >= 0.3 is 0 Å². The van der Waals surface area contributed by atoms with Crippen molar-refractivity contribution in [2.75, 3.05) is 0 Å². The van der Waals surface area contributed by atoms with E-state index in [1.807, 2.05) is 6.07 Å². The van der Waals surface area contributed by atoms with Gasteiger partial charge in [0.25, 0.3) is 0 Å². The number of hydrogen-bond donors (Lipinski definition) is 2. The zero-order valence-corrected chi connectivity index (χ0v) is 24.8. The first-order valence-corrected chi connectivity index (χ1v) is 16.1. The molecule has 4 atom stereocenters. The van der Waals surface area contributed by atoms with Gasteiger partial charge in [-0.25, -0.2) is 4.98 Å². The second-order valence-corrected chi connectivity index (χ2v) is 13.0. The lowest BCUT2D eigenvalue weighted by Gasteiger charge is -2.35. The van der Waals surface area contributed by atoms with Crippen LogP contribution in [0.1, 0.15) is 23.1 Å². The minimum atomic E-state index is -0.108. The fourth-order valence-corrected chi connectivity index (χ4v) is 7.96. The first-order chi connectivity index (χ1) is 21.7. The Balaban J connectivity index is 1.06. The predicted molar refractivity (Wildman–Crippen MR) is 183 cm³/mol. The van der Waals surface area contributed by atoms with Crippen LogP contribution >= 0.6 is 11.3 Å². The summed E-state index contributed by atoms with van der Waals surface area (Å²) in [5, 5.41) is 11.3. The van der Waals surface area contributed by atoms with E-state index in [4.69, 9.17) is 9.98 Å². The Bertz CT molecular complexity index is 2110. The predicted octanol–water partition coefficient (Wildman–Crippen LogP) is 8.32. The normalized spacial score (nSPS) is 24.0. The molecule has 1 fully saturated rings. The van der Waals surface area contributed by atoms with Gasteiger partial charge in [-0.1, -0.05) is 121 Å². The molecule has 3 heterocycles. The summed E-state index contributed by atoms with van der Waals surface area (Å²) < 4.78 is 1.20. The van der Waals surface area contributed by atoms with Crippen molar-refractivity contribution < 1.29 is 0 Å². The number of benzene rings is 5. The largest absolute Gasteiger partial charge is 0.375 e. The molecule has 5 heteroatoms. The van der Waals surface area contributed by atoms with Crippen molar-refractivity contribution in [2.24, 2.45) is 10.9 Å². The summed E-state index contributed by atoms with van der Waals surface area (Å²) in [5.74, 6) is 0.368. The van der Waals surface area contributed by atoms with Crippen molar-refractivity contribution in [1.29, 1.82) is 0 Å². The van der Waals surface area contributed by atoms with Crippen LogP contribution in [0.4, 0.5) is 0 Å². The van der Waals surface area contributed by atoms with Crippen LogP contribution < -0.4 is 10.6 Å². The highest BCUT2D eigenvalue weighted by molar-refractivity contribution is 7.21. The van der Waals surface area contributed by atoms with Crippen LogP contribution in [0, 0.1) is 5.92 Å². The lowest BCUT2D eigenvalue weighted by Crippen LogP contribution is -2.53. The highest BCUT2D eigenvalue weighted by Gasteiger charge is 2.61. The van der Waals surface area contributed by atoms with E-state index in [9.17, 15) is 0 Å². The Morgan fingerprint density at radius 2 is 1.48 bits per heavy atom. The number of hydrogen-bond acceptors (Lipinski definition) is 5. The Labute approximate surface area is 260 Å². The number of nitrogens with one attached hydrogen (secondary N) is 2. The molecule has 6 aromatic rings. The van der Waals surface area contributed by atoms with E-state index >= 15 is 0 Å². The molecule has 9 rings (SSSR count). The Hall–Kier alpha value is -4.84. The number of thiazole rings is 1. The molecular formula is C39H30N4S. The molecule has 1 aliphatic carbocycles. The molecule has 2 N–H and O–H groups in total. The van der Waals surface area contributed by atoms with Crippen LogP contribution in [-0.4, -0.2) is 22.9 Å². The standard InChI is InChI=1S/C39H30N4S/c1-4-11-26(12-5-1)35-31-24-39(31,29-15-8-3-9-16-29)43-37(41-35)33-18-10-17-32(40-33)28-20-19-25-21-22-34-36(30(25)23-28)42-38(44-34)27-13-6-2-7-14-27/h1-23,31,33,37,40,43H,24H2/t31-,33?,37?,39?/m1/s1. The van der Waals surface area contributed by atoms with Gasteiger partial charge in [0.05, 0.1) is 21.8 Å². The minimum Gasteiger partial charge on any atom is -0.375 e. The quantitative estimate of drug-likeness (QED) is 0.214. The molecule has 1 aromatic heterocycles. The molecule has 2 aliphatic heterocycles. The third-order valence-corrected chi connectivity index (χ3v) is 10.4. The molecule has 1 saturated carbocycles. The molecule has 3 unspecified atom stereocenters. The third-order valence-electron chi connectivity index (χ3n) is 9.28. The first-order valence-electron chi connectivity index (χ1n) is 15.3. The van der Waals surface area contributed by atoms with Crippen molar-refractivity contribution in [3.8, 4) is 10.6 Å². The third kappa shape index (κ3) is 4.23. The van der Waals surface area contributed by atoms with Gasteiger partial charge in [-0.3, -0.25) is 10.3 Å². The van der Waals surface area contributed by atoms with Crippen molar-refractivity contribution >= 4 is 43.7 Å². The molecule has 0 spiro atoms.